The first-order chi connectivity index (χ1) is 11.5. The number of nitriles is 1. The summed E-state index contributed by atoms with van der Waals surface area (Å²) in [5, 5.41) is 12.7. The summed E-state index contributed by atoms with van der Waals surface area (Å²) in [6, 6.07) is 8.24. The number of nitrogens with one attached hydrogen (secondary N) is 1. The Kier molecular flexibility index (Phi) is 5.85. The molecule has 2 rings (SSSR count). The Morgan fingerprint density at radius 3 is 2.79 bits per heavy atom. The van der Waals surface area contributed by atoms with Gasteiger partial charge in [-0.3, -0.25) is 4.79 Å². The molecule has 0 bridgehead atoms. The normalized spacial score (nSPS) is 10.1. The highest BCUT2D eigenvalue weighted by atomic mass is 35.5. The van der Waals surface area contributed by atoms with Gasteiger partial charge in [0, 0.05) is 16.6 Å². The number of carbonyl (C=O) groups is 1. The Balaban J connectivity index is 2.19. The molecule has 0 atom stereocenters. The van der Waals surface area contributed by atoms with Gasteiger partial charge in [-0.15, -0.1) is 0 Å². The minimum atomic E-state index is -0.460. The molecule has 0 aliphatic rings. The minimum Gasteiger partial charge on any atom is -0.477 e. The second-order valence-corrected chi connectivity index (χ2v) is 5.58. The van der Waals surface area contributed by atoms with Crippen LogP contribution >= 0.6 is 23.2 Å². The average Bonchev–Trinajstić information content (AvgIpc) is 2.53. The maximum atomic E-state index is 12.3. The molecule has 0 aliphatic carbocycles. The zero-order valence-corrected chi connectivity index (χ0v) is 14.3. The van der Waals surface area contributed by atoms with Crippen molar-refractivity contribution in [2.75, 3.05) is 12.3 Å². The maximum absolute atomic E-state index is 12.3. The summed E-state index contributed by atoms with van der Waals surface area (Å²) in [6.45, 7) is 2.24. The van der Waals surface area contributed by atoms with Gasteiger partial charge in [0.25, 0.3) is 5.91 Å². The molecule has 1 aromatic carbocycles. The second kappa shape index (κ2) is 7.86. The highest BCUT2D eigenvalue weighted by molar-refractivity contribution is 6.35. The molecule has 0 spiro atoms. The number of ether oxygens (including phenoxy) is 1. The lowest BCUT2D eigenvalue weighted by atomic mass is 10.2. The van der Waals surface area contributed by atoms with Gasteiger partial charge in [-0.05, 0) is 30.7 Å². The van der Waals surface area contributed by atoms with Crippen LogP contribution in [0.4, 0.5) is 5.69 Å². The summed E-state index contributed by atoms with van der Waals surface area (Å²) in [5.74, 6) is -0.423. The number of carbonyl (C=O) groups excluding carboxylic acids is 1. The van der Waals surface area contributed by atoms with Gasteiger partial charge in [0.2, 0.25) is 5.88 Å². The molecule has 1 aromatic heterocycles. The molecule has 24 heavy (non-hydrogen) atoms. The van der Waals surface area contributed by atoms with E-state index >= 15 is 0 Å². The Morgan fingerprint density at radius 1 is 1.42 bits per heavy atom. The lowest BCUT2D eigenvalue weighted by molar-refractivity contribution is 0.0945. The second-order valence-electron chi connectivity index (χ2n) is 4.74. The number of nitrogens with zero attached hydrogens (tertiary/aromatic N) is 2. The molecule has 1 heterocycles. The molecule has 0 unspecified atom stereocenters. The van der Waals surface area contributed by atoms with E-state index < -0.39 is 5.91 Å². The van der Waals surface area contributed by atoms with Gasteiger partial charge in [0.05, 0.1) is 12.3 Å². The van der Waals surface area contributed by atoms with E-state index in [4.69, 9.17) is 38.9 Å². The number of hydrogen-bond acceptors (Lipinski definition) is 5. The molecule has 0 saturated heterocycles. The molecular formula is C16H14Cl2N4O2. The molecular weight excluding hydrogens is 351 g/mol. The van der Waals surface area contributed by atoms with Gasteiger partial charge in [0.15, 0.2) is 0 Å². The molecule has 6 nitrogen and oxygen atoms in total. The Labute approximate surface area is 149 Å². The molecule has 0 radical (unpaired) electrons. The predicted molar refractivity (Wildman–Crippen MR) is 92.2 cm³/mol. The molecule has 1 amide bonds. The Bertz CT molecular complexity index is 818. The van der Waals surface area contributed by atoms with Crippen LogP contribution in [0.1, 0.15) is 28.5 Å². The van der Waals surface area contributed by atoms with Gasteiger partial charge in [-0.1, -0.05) is 29.3 Å². The number of anilines is 1. The lowest BCUT2D eigenvalue weighted by Crippen LogP contribution is -2.24. The molecule has 3 N–H and O–H groups in total. The highest BCUT2D eigenvalue weighted by Crippen LogP contribution is 2.23. The highest BCUT2D eigenvalue weighted by Gasteiger charge is 2.16. The van der Waals surface area contributed by atoms with Crippen LogP contribution in [0.3, 0.4) is 0 Å². The first-order valence-electron chi connectivity index (χ1n) is 7.01. The SMILES string of the molecule is CCOc1nc(C(=O)NCc2ccc(Cl)cc2Cl)cc(N)c1C#N. The van der Waals surface area contributed by atoms with Crippen LogP contribution < -0.4 is 15.8 Å². The number of nitrogens with two attached hydrogens (primary N) is 1. The van der Waals surface area contributed by atoms with E-state index in [1.807, 2.05) is 6.07 Å². The van der Waals surface area contributed by atoms with Crippen LogP contribution in [0.5, 0.6) is 5.88 Å². The van der Waals surface area contributed by atoms with Gasteiger partial charge >= 0.3 is 0 Å². The van der Waals surface area contributed by atoms with Crippen molar-refractivity contribution in [1.29, 1.82) is 5.26 Å². The fourth-order valence-electron chi connectivity index (χ4n) is 1.94. The molecule has 124 valence electrons. The topological polar surface area (TPSA) is 101 Å². The van der Waals surface area contributed by atoms with Crippen LogP contribution in [0.25, 0.3) is 0 Å². The third-order valence-corrected chi connectivity index (χ3v) is 3.68. The number of halogens is 2. The number of nitrogen functional groups attached to an aromatic ring is 1. The van der Waals surface area contributed by atoms with Crippen molar-refractivity contribution in [3.8, 4) is 11.9 Å². The van der Waals surface area contributed by atoms with Crippen LogP contribution in [0.2, 0.25) is 10.0 Å². The van der Waals surface area contributed by atoms with Crippen molar-refractivity contribution in [1.82, 2.24) is 10.3 Å². The summed E-state index contributed by atoms with van der Waals surface area (Å²) >= 11 is 11.9. The van der Waals surface area contributed by atoms with Gasteiger partial charge in [-0.25, -0.2) is 4.98 Å². The Hall–Kier alpha value is -2.49. The van der Waals surface area contributed by atoms with Crippen LogP contribution in [0, 0.1) is 11.3 Å². The minimum absolute atomic E-state index is 0.0367. The van der Waals surface area contributed by atoms with E-state index in [9.17, 15) is 4.79 Å². The summed E-state index contributed by atoms with van der Waals surface area (Å²) in [6.07, 6.45) is 0. The number of rotatable bonds is 5. The van der Waals surface area contributed by atoms with Crippen molar-refractivity contribution < 1.29 is 9.53 Å². The smallest absolute Gasteiger partial charge is 0.270 e. The van der Waals surface area contributed by atoms with Crippen LogP contribution in [-0.4, -0.2) is 17.5 Å². The van der Waals surface area contributed by atoms with E-state index in [-0.39, 0.29) is 29.4 Å². The summed E-state index contributed by atoms with van der Waals surface area (Å²) in [4.78, 5) is 16.3. The third kappa shape index (κ3) is 4.07. The summed E-state index contributed by atoms with van der Waals surface area (Å²) in [5.41, 5.74) is 6.79. The number of pyridine rings is 1. The fraction of sp³-hybridized carbons (Fsp3) is 0.188. The lowest BCUT2D eigenvalue weighted by Gasteiger charge is -2.10. The van der Waals surface area contributed by atoms with Gasteiger partial charge in [-0.2, -0.15) is 5.26 Å². The van der Waals surface area contributed by atoms with Gasteiger partial charge < -0.3 is 15.8 Å². The van der Waals surface area contributed by atoms with Crippen molar-refractivity contribution in [2.45, 2.75) is 13.5 Å². The summed E-state index contributed by atoms with van der Waals surface area (Å²) < 4.78 is 5.27. The van der Waals surface area contributed by atoms with E-state index in [0.29, 0.717) is 22.2 Å². The van der Waals surface area contributed by atoms with Crippen LogP contribution in [0.15, 0.2) is 24.3 Å². The Morgan fingerprint density at radius 2 is 2.17 bits per heavy atom. The number of aromatic nitrogens is 1. The van der Waals surface area contributed by atoms with Crippen molar-refractivity contribution in [3.05, 3.63) is 51.1 Å². The molecule has 8 heteroatoms. The largest absolute Gasteiger partial charge is 0.477 e. The van der Waals surface area contributed by atoms with E-state index in [1.165, 1.54) is 6.07 Å². The van der Waals surface area contributed by atoms with Crippen molar-refractivity contribution in [3.63, 3.8) is 0 Å². The standard InChI is InChI=1S/C16H14Cl2N4O2/c1-2-24-16-11(7-19)13(20)6-14(22-16)15(23)21-8-9-3-4-10(17)5-12(9)18/h3-6H,2,8H2,1H3,(H2,20,22)(H,21,23). The number of benzene rings is 1. The average molecular weight is 365 g/mol. The molecule has 0 aliphatic heterocycles. The van der Waals surface area contributed by atoms with E-state index in [2.05, 4.69) is 10.3 Å². The zero-order chi connectivity index (χ0) is 17.7. The molecule has 0 saturated carbocycles. The van der Waals surface area contributed by atoms with Crippen molar-refractivity contribution >= 4 is 34.8 Å². The first-order valence-corrected chi connectivity index (χ1v) is 7.77. The quantitative estimate of drug-likeness (QED) is 0.848. The van der Waals surface area contributed by atoms with Crippen LogP contribution in [-0.2, 0) is 6.54 Å². The first kappa shape index (κ1) is 17.9. The monoisotopic (exact) mass is 364 g/mol. The summed E-state index contributed by atoms with van der Waals surface area (Å²) in [7, 11) is 0. The third-order valence-electron chi connectivity index (χ3n) is 3.10. The molecule has 0 fully saturated rings. The van der Waals surface area contributed by atoms with E-state index in [0.717, 1.165) is 0 Å². The van der Waals surface area contributed by atoms with E-state index in [1.54, 1.807) is 25.1 Å². The van der Waals surface area contributed by atoms with Gasteiger partial charge in [0.1, 0.15) is 17.3 Å². The number of amides is 1. The fourth-order valence-corrected chi connectivity index (χ4v) is 2.42. The maximum Gasteiger partial charge on any atom is 0.270 e. The number of hydrogen-bond donors (Lipinski definition) is 2. The molecule has 2 aromatic rings. The van der Waals surface area contributed by atoms with Crippen molar-refractivity contribution in [2.24, 2.45) is 0 Å². The zero-order valence-electron chi connectivity index (χ0n) is 12.8. The predicted octanol–water partition coefficient (Wildman–Crippen LogP) is 3.17.